The minimum absolute atomic E-state index is 0.0753. The van der Waals surface area contributed by atoms with Crippen LogP contribution < -0.4 is 30.2 Å². The summed E-state index contributed by atoms with van der Waals surface area (Å²) in [4.78, 5) is 39.8. The molecule has 43 heavy (non-hydrogen) atoms. The van der Waals surface area contributed by atoms with Gasteiger partial charge in [-0.05, 0) is 79.2 Å². The van der Waals surface area contributed by atoms with Crippen molar-refractivity contribution in [2.24, 2.45) is 0 Å². The zero-order valence-corrected chi connectivity index (χ0v) is 24.3. The van der Waals surface area contributed by atoms with Crippen molar-refractivity contribution in [1.29, 1.82) is 0 Å². The molecule has 0 saturated heterocycles. The molecule has 1 aliphatic heterocycles. The highest BCUT2D eigenvalue weighted by molar-refractivity contribution is 8.00. The first kappa shape index (κ1) is 29.3. The van der Waals surface area contributed by atoms with Crippen LogP contribution in [-0.2, 0) is 9.59 Å². The van der Waals surface area contributed by atoms with Crippen LogP contribution in [0.4, 0.5) is 11.4 Å². The van der Waals surface area contributed by atoms with Crippen molar-refractivity contribution in [3.05, 3.63) is 114 Å². The Kier molecular flexibility index (Phi) is 9.28. The van der Waals surface area contributed by atoms with Crippen molar-refractivity contribution < 1.29 is 28.6 Å². The number of benzene rings is 4. The van der Waals surface area contributed by atoms with E-state index in [1.54, 1.807) is 92.0 Å². The van der Waals surface area contributed by atoms with Crippen LogP contribution in [0.3, 0.4) is 0 Å². The van der Waals surface area contributed by atoms with E-state index >= 15 is 0 Å². The minimum Gasteiger partial charge on any atom is -0.497 e. The number of hydrogen-bond acceptors (Lipinski definition) is 7. The number of nitrogens with one attached hydrogen (secondary N) is 3. The summed E-state index contributed by atoms with van der Waals surface area (Å²) in [5, 5.41) is 8.07. The first-order chi connectivity index (χ1) is 20.9. The molecular formula is C33H29N3O6S. The van der Waals surface area contributed by atoms with E-state index in [0.717, 1.165) is 4.90 Å². The number of anilines is 2. The van der Waals surface area contributed by atoms with Gasteiger partial charge in [-0.25, -0.2) is 0 Å². The number of hydrogen-bond donors (Lipinski definition) is 3. The minimum atomic E-state index is -0.489. The summed E-state index contributed by atoms with van der Waals surface area (Å²) in [5.74, 6) is 0.858. The Morgan fingerprint density at radius 1 is 0.837 bits per heavy atom. The molecule has 0 spiro atoms. The van der Waals surface area contributed by atoms with Crippen LogP contribution in [0.5, 0.6) is 17.2 Å². The van der Waals surface area contributed by atoms with E-state index in [1.165, 1.54) is 11.8 Å². The maximum Gasteiger partial charge on any atom is 0.272 e. The number of thioether (sulfide) groups is 1. The largest absolute Gasteiger partial charge is 0.497 e. The standard InChI is InChI=1S/C33H29N3O6S/c1-21(31(37)35-25-12-17-29-30(19-25)42-20-41-29)43-27-15-10-24(11-16-27)34-33(39)28(18-22-8-13-26(40-2)14-9-22)36-32(38)23-6-4-3-5-7-23/h3-19,21H,20H2,1-2H3,(H,34,39)(H,35,37)(H,36,38)/b28-18-. The molecule has 1 aliphatic rings. The molecule has 9 nitrogen and oxygen atoms in total. The van der Waals surface area contributed by atoms with E-state index < -0.39 is 17.1 Å². The predicted molar refractivity (Wildman–Crippen MR) is 166 cm³/mol. The lowest BCUT2D eigenvalue weighted by atomic mass is 10.1. The molecule has 3 amide bonds. The van der Waals surface area contributed by atoms with Crippen LogP contribution in [0.15, 0.2) is 108 Å². The van der Waals surface area contributed by atoms with Gasteiger partial charge in [-0.2, -0.15) is 0 Å². The fourth-order valence-corrected chi connectivity index (χ4v) is 4.97. The van der Waals surface area contributed by atoms with E-state index in [9.17, 15) is 14.4 Å². The highest BCUT2D eigenvalue weighted by Crippen LogP contribution is 2.34. The Bertz CT molecular complexity index is 1640. The van der Waals surface area contributed by atoms with E-state index in [-0.39, 0.29) is 18.4 Å². The van der Waals surface area contributed by atoms with Gasteiger partial charge in [-0.3, -0.25) is 14.4 Å². The number of fused-ring (bicyclic) bond motifs is 1. The topological polar surface area (TPSA) is 115 Å². The molecule has 4 aromatic rings. The summed E-state index contributed by atoms with van der Waals surface area (Å²) in [6.07, 6.45) is 1.60. The Labute approximate surface area is 253 Å². The fourth-order valence-electron chi connectivity index (χ4n) is 4.10. The van der Waals surface area contributed by atoms with Crippen LogP contribution in [0.1, 0.15) is 22.8 Å². The second kappa shape index (κ2) is 13.6. The summed E-state index contributed by atoms with van der Waals surface area (Å²) in [5.41, 5.74) is 2.36. The lowest BCUT2D eigenvalue weighted by Crippen LogP contribution is -2.30. The van der Waals surface area contributed by atoms with Crippen LogP contribution in [0.2, 0.25) is 0 Å². The quantitative estimate of drug-likeness (QED) is 0.153. The number of carbonyl (C=O) groups excluding carboxylic acids is 3. The van der Waals surface area contributed by atoms with Crippen LogP contribution in [0.25, 0.3) is 6.08 Å². The molecule has 218 valence electrons. The van der Waals surface area contributed by atoms with Crippen molar-refractivity contribution in [3.63, 3.8) is 0 Å². The Morgan fingerprint density at radius 3 is 2.26 bits per heavy atom. The average Bonchev–Trinajstić information content (AvgIpc) is 3.50. The number of ether oxygens (including phenoxy) is 3. The summed E-state index contributed by atoms with van der Waals surface area (Å²) >= 11 is 1.38. The maximum atomic E-state index is 13.3. The second-order valence-electron chi connectivity index (χ2n) is 9.45. The highest BCUT2D eigenvalue weighted by atomic mass is 32.2. The average molecular weight is 596 g/mol. The van der Waals surface area contributed by atoms with Gasteiger partial charge in [0.15, 0.2) is 11.5 Å². The predicted octanol–water partition coefficient (Wildman–Crippen LogP) is 5.95. The van der Waals surface area contributed by atoms with Crippen molar-refractivity contribution >= 4 is 46.9 Å². The van der Waals surface area contributed by atoms with E-state index in [1.807, 2.05) is 25.1 Å². The molecule has 0 fully saturated rings. The van der Waals surface area contributed by atoms with Crippen LogP contribution in [-0.4, -0.2) is 36.9 Å². The zero-order valence-electron chi connectivity index (χ0n) is 23.5. The molecule has 0 aromatic heterocycles. The maximum absolute atomic E-state index is 13.3. The smallest absolute Gasteiger partial charge is 0.272 e. The van der Waals surface area contributed by atoms with Gasteiger partial charge in [0.2, 0.25) is 12.7 Å². The van der Waals surface area contributed by atoms with E-state index in [2.05, 4.69) is 16.0 Å². The molecule has 4 aromatic carbocycles. The monoisotopic (exact) mass is 595 g/mol. The van der Waals surface area contributed by atoms with Crippen molar-refractivity contribution in [1.82, 2.24) is 5.32 Å². The summed E-state index contributed by atoms with van der Waals surface area (Å²) in [7, 11) is 1.57. The third-order valence-corrected chi connectivity index (χ3v) is 7.50. The first-order valence-corrected chi connectivity index (χ1v) is 14.3. The number of amides is 3. The first-order valence-electron chi connectivity index (χ1n) is 13.4. The van der Waals surface area contributed by atoms with Gasteiger partial charge in [-0.15, -0.1) is 11.8 Å². The SMILES string of the molecule is COc1ccc(/C=C(\NC(=O)c2ccccc2)C(=O)Nc2ccc(SC(C)C(=O)Nc3ccc4c(c3)OCO4)cc2)cc1. The van der Waals surface area contributed by atoms with Crippen molar-refractivity contribution in [2.45, 2.75) is 17.1 Å². The zero-order chi connectivity index (χ0) is 30.2. The van der Waals surface area contributed by atoms with Crippen LogP contribution in [0, 0.1) is 0 Å². The second-order valence-corrected chi connectivity index (χ2v) is 10.9. The van der Waals surface area contributed by atoms with Crippen molar-refractivity contribution in [3.8, 4) is 17.2 Å². The molecule has 3 N–H and O–H groups in total. The van der Waals surface area contributed by atoms with Gasteiger partial charge in [0.1, 0.15) is 11.4 Å². The Morgan fingerprint density at radius 2 is 1.53 bits per heavy atom. The number of methoxy groups -OCH3 is 1. The summed E-state index contributed by atoms with van der Waals surface area (Å²) in [6.45, 7) is 1.98. The van der Waals surface area contributed by atoms with Gasteiger partial charge in [-0.1, -0.05) is 30.3 Å². The third-order valence-electron chi connectivity index (χ3n) is 6.39. The molecule has 5 rings (SSSR count). The molecule has 1 atom stereocenters. The van der Waals surface area contributed by atoms with Gasteiger partial charge >= 0.3 is 0 Å². The third kappa shape index (κ3) is 7.75. The fraction of sp³-hybridized carbons (Fsp3) is 0.121. The van der Waals surface area contributed by atoms with Gasteiger partial charge in [0.05, 0.1) is 12.4 Å². The molecule has 0 aliphatic carbocycles. The number of carbonyl (C=O) groups is 3. The molecular weight excluding hydrogens is 566 g/mol. The van der Waals surface area contributed by atoms with E-state index in [4.69, 9.17) is 14.2 Å². The van der Waals surface area contributed by atoms with Gasteiger partial charge < -0.3 is 30.2 Å². The molecule has 0 radical (unpaired) electrons. The molecule has 1 heterocycles. The molecule has 10 heteroatoms. The summed E-state index contributed by atoms with van der Waals surface area (Å²) in [6, 6.07) is 28.2. The number of rotatable bonds is 10. The van der Waals surface area contributed by atoms with Gasteiger partial charge in [0, 0.05) is 27.9 Å². The van der Waals surface area contributed by atoms with E-state index in [0.29, 0.717) is 39.8 Å². The lowest BCUT2D eigenvalue weighted by Gasteiger charge is -2.14. The van der Waals surface area contributed by atoms with Gasteiger partial charge in [0.25, 0.3) is 11.8 Å². The summed E-state index contributed by atoms with van der Waals surface area (Å²) < 4.78 is 15.9. The molecule has 0 saturated carbocycles. The Balaban J connectivity index is 1.23. The molecule has 0 bridgehead atoms. The highest BCUT2D eigenvalue weighted by Gasteiger charge is 2.19. The molecule has 1 unspecified atom stereocenters. The van der Waals surface area contributed by atoms with Crippen molar-refractivity contribution in [2.75, 3.05) is 24.5 Å². The normalized spacial score (nSPS) is 12.7. The lowest BCUT2D eigenvalue weighted by molar-refractivity contribution is -0.115. The Hall–Kier alpha value is -5.22. The van der Waals surface area contributed by atoms with Crippen LogP contribution >= 0.6 is 11.8 Å².